The van der Waals surface area contributed by atoms with Gasteiger partial charge in [0.1, 0.15) is 0 Å². The molecule has 0 saturated carbocycles. The molecule has 22 heavy (non-hydrogen) atoms. The first kappa shape index (κ1) is 16.2. The minimum atomic E-state index is -4.47. The van der Waals surface area contributed by atoms with E-state index in [1.54, 1.807) is 24.3 Å². The van der Waals surface area contributed by atoms with Gasteiger partial charge in [-0.3, -0.25) is 4.68 Å². The fourth-order valence-electron chi connectivity index (χ4n) is 1.63. The fourth-order valence-corrected chi connectivity index (χ4v) is 1.76. The summed E-state index contributed by atoms with van der Waals surface area (Å²) in [5.74, 6) is 0. The van der Waals surface area contributed by atoms with Crippen LogP contribution in [0, 0.1) is 0 Å². The number of hydrogen-bond donors (Lipinski definition) is 2. The smallest absolute Gasteiger partial charge is 0.336 e. The van der Waals surface area contributed by atoms with Crippen molar-refractivity contribution in [2.45, 2.75) is 12.7 Å². The molecule has 0 aliphatic rings. The molecule has 0 aliphatic carbocycles. The fraction of sp³-hybridized carbons (Fsp3) is 0.231. The number of urea groups is 1. The molecule has 0 radical (unpaired) electrons. The van der Waals surface area contributed by atoms with E-state index in [0.29, 0.717) is 10.7 Å². The zero-order valence-corrected chi connectivity index (χ0v) is 11.9. The van der Waals surface area contributed by atoms with Crippen molar-refractivity contribution in [2.24, 2.45) is 0 Å². The van der Waals surface area contributed by atoms with Gasteiger partial charge in [-0.2, -0.15) is 18.3 Å². The summed E-state index contributed by atoms with van der Waals surface area (Å²) >= 11 is 5.72. The summed E-state index contributed by atoms with van der Waals surface area (Å²) < 4.78 is 38.2. The van der Waals surface area contributed by atoms with Gasteiger partial charge in [-0.1, -0.05) is 11.6 Å². The second kappa shape index (κ2) is 6.69. The van der Waals surface area contributed by atoms with Gasteiger partial charge in [0.05, 0.1) is 6.54 Å². The van der Waals surface area contributed by atoms with Crippen LogP contribution in [-0.4, -0.2) is 22.4 Å². The van der Waals surface area contributed by atoms with E-state index >= 15 is 0 Å². The first-order valence-corrected chi connectivity index (χ1v) is 6.63. The molecule has 2 amide bonds. The highest BCUT2D eigenvalue weighted by Gasteiger charge is 2.33. The molecule has 0 spiro atoms. The first-order valence-electron chi connectivity index (χ1n) is 6.26. The average molecular weight is 333 g/mol. The summed E-state index contributed by atoms with van der Waals surface area (Å²) in [5, 5.41) is 9.01. The number of hydrogen-bond acceptors (Lipinski definition) is 2. The van der Waals surface area contributed by atoms with Gasteiger partial charge in [-0.15, -0.1) is 0 Å². The molecule has 1 aromatic heterocycles. The van der Waals surface area contributed by atoms with Crippen LogP contribution in [0.3, 0.4) is 0 Å². The van der Waals surface area contributed by atoms with Crippen LogP contribution < -0.4 is 10.6 Å². The summed E-state index contributed by atoms with van der Waals surface area (Å²) in [5.41, 5.74) is -0.404. The molecule has 0 fully saturated rings. The van der Waals surface area contributed by atoms with Crippen LogP contribution in [-0.2, 0) is 12.7 Å². The SMILES string of the molecule is O=C(NCCn1ccc(C(F)(F)F)n1)Nc1ccc(Cl)cc1. The van der Waals surface area contributed by atoms with Crippen LogP contribution in [0.4, 0.5) is 23.7 Å². The molecule has 0 unspecified atom stereocenters. The number of nitrogens with zero attached hydrogens (tertiary/aromatic N) is 2. The van der Waals surface area contributed by atoms with E-state index in [-0.39, 0.29) is 13.1 Å². The lowest BCUT2D eigenvalue weighted by Gasteiger charge is -2.08. The number of rotatable bonds is 4. The topological polar surface area (TPSA) is 59.0 Å². The first-order chi connectivity index (χ1) is 10.3. The molecule has 5 nitrogen and oxygen atoms in total. The van der Waals surface area contributed by atoms with E-state index in [1.807, 2.05) is 0 Å². The lowest BCUT2D eigenvalue weighted by Crippen LogP contribution is -2.31. The van der Waals surface area contributed by atoms with E-state index in [2.05, 4.69) is 15.7 Å². The number of amides is 2. The number of nitrogens with one attached hydrogen (secondary N) is 2. The van der Waals surface area contributed by atoms with Crippen LogP contribution >= 0.6 is 11.6 Å². The van der Waals surface area contributed by atoms with Crippen molar-refractivity contribution < 1.29 is 18.0 Å². The Morgan fingerprint density at radius 3 is 2.50 bits per heavy atom. The summed E-state index contributed by atoms with van der Waals surface area (Å²) in [7, 11) is 0. The Hall–Kier alpha value is -2.22. The maximum absolute atomic E-state index is 12.4. The predicted octanol–water partition coefficient (Wildman–Crippen LogP) is 3.38. The van der Waals surface area contributed by atoms with Crippen LogP contribution in [0.5, 0.6) is 0 Å². The second-order valence-corrected chi connectivity index (χ2v) is 4.79. The normalized spacial score (nSPS) is 11.3. The van der Waals surface area contributed by atoms with E-state index < -0.39 is 17.9 Å². The van der Waals surface area contributed by atoms with Gasteiger partial charge >= 0.3 is 12.2 Å². The number of halogens is 4. The van der Waals surface area contributed by atoms with Crippen molar-refractivity contribution in [3.8, 4) is 0 Å². The highest BCUT2D eigenvalue weighted by atomic mass is 35.5. The molecule has 118 valence electrons. The molecular weight excluding hydrogens is 321 g/mol. The Morgan fingerprint density at radius 2 is 1.91 bits per heavy atom. The van der Waals surface area contributed by atoms with Gasteiger partial charge < -0.3 is 10.6 Å². The van der Waals surface area contributed by atoms with Gasteiger partial charge in [0.25, 0.3) is 0 Å². The molecule has 0 atom stereocenters. The van der Waals surface area contributed by atoms with E-state index in [1.165, 1.54) is 6.20 Å². The highest BCUT2D eigenvalue weighted by Crippen LogP contribution is 2.27. The van der Waals surface area contributed by atoms with E-state index in [9.17, 15) is 18.0 Å². The van der Waals surface area contributed by atoms with Gasteiger partial charge in [-0.25, -0.2) is 4.79 Å². The minimum absolute atomic E-state index is 0.129. The molecule has 2 aromatic rings. The molecule has 1 heterocycles. The van der Waals surface area contributed by atoms with Crippen LogP contribution in [0.1, 0.15) is 5.69 Å². The Morgan fingerprint density at radius 1 is 1.23 bits per heavy atom. The van der Waals surface area contributed by atoms with Gasteiger partial charge in [0.2, 0.25) is 0 Å². The Balaban J connectivity index is 1.77. The number of carbonyl (C=O) groups excluding carboxylic acids is 1. The monoisotopic (exact) mass is 332 g/mol. The number of carbonyl (C=O) groups is 1. The third-order valence-corrected chi connectivity index (χ3v) is 2.91. The van der Waals surface area contributed by atoms with Gasteiger partial charge in [-0.05, 0) is 30.3 Å². The maximum Gasteiger partial charge on any atom is 0.435 e. The predicted molar refractivity (Wildman–Crippen MR) is 75.7 cm³/mol. The number of alkyl halides is 3. The lowest BCUT2D eigenvalue weighted by molar-refractivity contribution is -0.141. The quantitative estimate of drug-likeness (QED) is 0.901. The summed E-state index contributed by atoms with van der Waals surface area (Å²) in [6, 6.07) is 6.92. The molecular formula is C13H12ClF3N4O. The molecule has 2 rings (SSSR count). The molecule has 0 aliphatic heterocycles. The Bertz CT molecular complexity index is 639. The second-order valence-electron chi connectivity index (χ2n) is 4.35. The van der Waals surface area contributed by atoms with Crippen molar-refractivity contribution in [1.82, 2.24) is 15.1 Å². The van der Waals surface area contributed by atoms with Crippen molar-refractivity contribution in [3.63, 3.8) is 0 Å². The third kappa shape index (κ3) is 4.66. The van der Waals surface area contributed by atoms with Crippen molar-refractivity contribution in [1.29, 1.82) is 0 Å². The van der Waals surface area contributed by atoms with Crippen molar-refractivity contribution in [3.05, 3.63) is 47.2 Å². The van der Waals surface area contributed by atoms with Gasteiger partial charge in [0, 0.05) is 23.5 Å². The summed E-state index contributed by atoms with van der Waals surface area (Å²) in [6.07, 6.45) is -3.26. The van der Waals surface area contributed by atoms with Gasteiger partial charge in [0.15, 0.2) is 5.69 Å². The zero-order chi connectivity index (χ0) is 16.2. The molecule has 2 N–H and O–H groups in total. The Labute approximate surface area is 129 Å². The largest absolute Gasteiger partial charge is 0.435 e. The minimum Gasteiger partial charge on any atom is -0.336 e. The van der Waals surface area contributed by atoms with Crippen LogP contribution in [0.2, 0.25) is 5.02 Å². The third-order valence-electron chi connectivity index (χ3n) is 2.66. The summed E-state index contributed by atoms with van der Waals surface area (Å²) in [6.45, 7) is 0.266. The maximum atomic E-state index is 12.4. The number of aromatic nitrogens is 2. The zero-order valence-electron chi connectivity index (χ0n) is 11.2. The van der Waals surface area contributed by atoms with Crippen molar-refractivity contribution in [2.75, 3.05) is 11.9 Å². The standard InChI is InChI=1S/C13H12ClF3N4O/c14-9-1-3-10(4-2-9)19-12(22)18-6-8-21-7-5-11(20-21)13(15,16)17/h1-5,7H,6,8H2,(H2,18,19,22). The number of benzene rings is 1. The molecule has 0 bridgehead atoms. The lowest BCUT2D eigenvalue weighted by atomic mass is 10.3. The average Bonchev–Trinajstić information content (AvgIpc) is 2.90. The van der Waals surface area contributed by atoms with Crippen LogP contribution in [0.15, 0.2) is 36.5 Å². The highest BCUT2D eigenvalue weighted by molar-refractivity contribution is 6.30. The van der Waals surface area contributed by atoms with E-state index in [4.69, 9.17) is 11.6 Å². The Kier molecular flexibility index (Phi) is 4.92. The molecule has 1 aromatic carbocycles. The summed E-state index contributed by atoms with van der Waals surface area (Å²) in [4.78, 5) is 11.6. The van der Waals surface area contributed by atoms with Crippen molar-refractivity contribution >= 4 is 23.3 Å². The molecule has 9 heteroatoms. The number of anilines is 1. The molecule has 0 saturated heterocycles. The van der Waals surface area contributed by atoms with Crippen LogP contribution in [0.25, 0.3) is 0 Å². The van der Waals surface area contributed by atoms with E-state index in [0.717, 1.165) is 10.7 Å².